The van der Waals surface area contributed by atoms with E-state index in [1.165, 1.54) is 0 Å². The molecule has 0 radical (unpaired) electrons. The summed E-state index contributed by atoms with van der Waals surface area (Å²) in [6.45, 7) is 5.21. The van der Waals surface area contributed by atoms with E-state index in [1.807, 2.05) is 91.0 Å². The van der Waals surface area contributed by atoms with Crippen LogP contribution >= 0.6 is 0 Å². The summed E-state index contributed by atoms with van der Waals surface area (Å²) in [5, 5.41) is 3.78. The number of benzene rings is 3. The lowest BCUT2D eigenvalue weighted by molar-refractivity contribution is -0.135. The van der Waals surface area contributed by atoms with Gasteiger partial charge in [-0.2, -0.15) is 0 Å². The minimum Gasteiger partial charge on any atom is -0.371 e. The van der Waals surface area contributed by atoms with Crippen molar-refractivity contribution in [2.24, 2.45) is 5.11 Å². The van der Waals surface area contributed by atoms with E-state index in [9.17, 15) is 0 Å². The number of azide groups is 1. The maximum Gasteiger partial charge on any atom is 0.114 e. The Morgan fingerprint density at radius 1 is 0.727 bits per heavy atom. The normalized spacial score (nSPS) is 13.5. The van der Waals surface area contributed by atoms with Crippen LogP contribution in [0.15, 0.2) is 109 Å². The third-order valence-electron chi connectivity index (χ3n) is 5.12. The van der Waals surface area contributed by atoms with E-state index in [-0.39, 0.29) is 6.54 Å². The molecule has 6 heteroatoms. The van der Waals surface area contributed by atoms with Crippen molar-refractivity contribution in [2.45, 2.75) is 38.1 Å². The summed E-state index contributed by atoms with van der Waals surface area (Å²) < 4.78 is 18.7. The fourth-order valence-corrected chi connectivity index (χ4v) is 3.39. The molecule has 0 fully saturated rings. The van der Waals surface area contributed by atoms with E-state index in [0.717, 1.165) is 16.7 Å². The van der Waals surface area contributed by atoms with Crippen LogP contribution in [0.5, 0.6) is 0 Å². The van der Waals surface area contributed by atoms with Gasteiger partial charge in [0.2, 0.25) is 0 Å². The average Bonchev–Trinajstić information content (AvgIpc) is 2.88. The van der Waals surface area contributed by atoms with Crippen LogP contribution < -0.4 is 0 Å². The molecule has 0 aliphatic carbocycles. The highest BCUT2D eigenvalue weighted by molar-refractivity contribution is 5.15. The van der Waals surface area contributed by atoms with Crippen molar-refractivity contribution >= 4 is 0 Å². The van der Waals surface area contributed by atoms with Crippen LogP contribution in [0.1, 0.15) is 16.7 Å². The van der Waals surface area contributed by atoms with E-state index in [4.69, 9.17) is 19.7 Å². The quantitative estimate of drug-likeness (QED) is 0.128. The molecule has 0 aromatic heterocycles. The Kier molecular flexibility index (Phi) is 10.2. The fourth-order valence-electron chi connectivity index (χ4n) is 3.39. The summed E-state index contributed by atoms with van der Waals surface area (Å²) in [6, 6.07) is 29.7. The number of rotatable bonds is 14. The molecule has 0 saturated carbocycles. The predicted molar refractivity (Wildman–Crippen MR) is 129 cm³/mol. The van der Waals surface area contributed by atoms with Crippen molar-refractivity contribution < 1.29 is 14.2 Å². The molecule has 0 heterocycles. The molecule has 170 valence electrons. The van der Waals surface area contributed by atoms with Gasteiger partial charge in [0.15, 0.2) is 0 Å². The van der Waals surface area contributed by atoms with Gasteiger partial charge in [-0.05, 0) is 22.2 Å². The van der Waals surface area contributed by atoms with E-state index < -0.39 is 18.3 Å². The largest absolute Gasteiger partial charge is 0.371 e. The standard InChI is InChI=1S/C27H29N3O3/c1-2-25(31-19-22-12-6-3-7-13-22)27(33-21-24-16-10-5-11-17-24)26(18-29-30-28)32-20-23-14-8-4-9-15-23/h2-17,25-27H,1,18-21H2/t25-,26?,27?/m0/s1. The monoisotopic (exact) mass is 443 g/mol. The van der Waals surface area contributed by atoms with Gasteiger partial charge in [-0.1, -0.05) is 102 Å². The van der Waals surface area contributed by atoms with Crippen LogP contribution in [0.4, 0.5) is 0 Å². The lowest BCUT2D eigenvalue weighted by atomic mass is 10.1. The van der Waals surface area contributed by atoms with Crippen molar-refractivity contribution in [3.63, 3.8) is 0 Å². The Balaban J connectivity index is 1.78. The van der Waals surface area contributed by atoms with Gasteiger partial charge in [-0.3, -0.25) is 0 Å². The summed E-state index contributed by atoms with van der Waals surface area (Å²) in [5.41, 5.74) is 12.0. The molecule has 3 atom stereocenters. The van der Waals surface area contributed by atoms with Crippen LogP contribution in [0.2, 0.25) is 0 Å². The van der Waals surface area contributed by atoms with Crippen LogP contribution in [0.25, 0.3) is 10.4 Å². The zero-order valence-electron chi connectivity index (χ0n) is 18.6. The van der Waals surface area contributed by atoms with Crippen molar-refractivity contribution in [2.75, 3.05) is 6.54 Å². The lowest BCUT2D eigenvalue weighted by Crippen LogP contribution is -2.43. The molecule has 0 bridgehead atoms. The van der Waals surface area contributed by atoms with Gasteiger partial charge in [0.05, 0.1) is 32.5 Å². The smallest absolute Gasteiger partial charge is 0.114 e. The highest BCUT2D eigenvalue weighted by Gasteiger charge is 2.30. The second-order valence-electron chi connectivity index (χ2n) is 7.51. The van der Waals surface area contributed by atoms with Crippen LogP contribution in [0.3, 0.4) is 0 Å². The first kappa shape index (κ1) is 24.2. The highest BCUT2D eigenvalue weighted by Crippen LogP contribution is 2.20. The predicted octanol–water partition coefficient (Wildman–Crippen LogP) is 6.24. The second kappa shape index (κ2) is 13.9. The van der Waals surface area contributed by atoms with Gasteiger partial charge >= 0.3 is 0 Å². The van der Waals surface area contributed by atoms with Crippen LogP contribution in [-0.4, -0.2) is 24.9 Å². The van der Waals surface area contributed by atoms with Crippen LogP contribution in [-0.2, 0) is 34.0 Å². The molecular weight excluding hydrogens is 414 g/mol. The minimum atomic E-state index is -0.527. The molecule has 0 spiro atoms. The second-order valence-corrected chi connectivity index (χ2v) is 7.51. The van der Waals surface area contributed by atoms with E-state index >= 15 is 0 Å². The number of ether oxygens (including phenoxy) is 3. The zero-order chi connectivity index (χ0) is 23.1. The Morgan fingerprint density at radius 2 is 1.18 bits per heavy atom. The molecule has 6 nitrogen and oxygen atoms in total. The summed E-state index contributed by atoms with van der Waals surface area (Å²) in [7, 11) is 0. The molecule has 0 saturated heterocycles. The molecule has 3 aromatic rings. The third kappa shape index (κ3) is 8.22. The zero-order valence-corrected chi connectivity index (χ0v) is 18.6. The maximum absolute atomic E-state index is 8.95. The Morgan fingerprint density at radius 3 is 1.64 bits per heavy atom. The topological polar surface area (TPSA) is 76.5 Å². The van der Waals surface area contributed by atoms with E-state index in [1.54, 1.807) is 6.08 Å². The van der Waals surface area contributed by atoms with Crippen molar-refractivity contribution in [1.82, 2.24) is 0 Å². The lowest BCUT2D eigenvalue weighted by Gasteiger charge is -2.31. The van der Waals surface area contributed by atoms with Gasteiger partial charge in [-0.25, -0.2) is 0 Å². The maximum atomic E-state index is 8.95. The van der Waals surface area contributed by atoms with Gasteiger partial charge in [-0.15, -0.1) is 6.58 Å². The van der Waals surface area contributed by atoms with E-state index in [2.05, 4.69) is 16.6 Å². The van der Waals surface area contributed by atoms with Crippen molar-refractivity contribution in [3.05, 3.63) is 131 Å². The third-order valence-corrected chi connectivity index (χ3v) is 5.12. The minimum absolute atomic E-state index is 0.113. The van der Waals surface area contributed by atoms with E-state index in [0.29, 0.717) is 19.8 Å². The first-order valence-corrected chi connectivity index (χ1v) is 10.9. The molecule has 2 unspecified atom stereocenters. The van der Waals surface area contributed by atoms with Crippen LogP contribution in [0, 0.1) is 0 Å². The van der Waals surface area contributed by atoms with Crippen molar-refractivity contribution in [1.29, 1.82) is 0 Å². The number of hydrogen-bond donors (Lipinski definition) is 0. The van der Waals surface area contributed by atoms with Crippen molar-refractivity contribution in [3.8, 4) is 0 Å². The fraction of sp³-hybridized carbons (Fsp3) is 0.259. The first-order chi connectivity index (χ1) is 16.3. The molecule has 33 heavy (non-hydrogen) atoms. The molecule has 3 rings (SSSR count). The summed E-state index contributed by atoms with van der Waals surface area (Å²) in [4.78, 5) is 2.93. The molecule has 0 amide bonds. The summed E-state index contributed by atoms with van der Waals surface area (Å²) >= 11 is 0. The van der Waals surface area contributed by atoms with Gasteiger partial charge in [0.25, 0.3) is 0 Å². The number of nitrogens with zero attached hydrogens (tertiary/aromatic N) is 3. The Bertz CT molecular complexity index is 993. The SMILES string of the molecule is C=C[C@H](OCc1ccccc1)C(OCc1ccccc1)C(CN=[N+]=[N-])OCc1ccccc1. The summed E-state index contributed by atoms with van der Waals surface area (Å²) in [5.74, 6) is 0. The highest BCUT2D eigenvalue weighted by atomic mass is 16.6. The van der Waals surface area contributed by atoms with Gasteiger partial charge in [0, 0.05) is 4.91 Å². The Labute approximate surface area is 195 Å². The Hall–Kier alpha value is -3.41. The molecule has 0 N–H and O–H groups in total. The molecule has 3 aromatic carbocycles. The average molecular weight is 444 g/mol. The summed E-state index contributed by atoms with van der Waals surface area (Å²) in [6.07, 6.45) is 0.195. The first-order valence-electron chi connectivity index (χ1n) is 10.9. The molecule has 0 aliphatic heterocycles. The van der Waals surface area contributed by atoms with Gasteiger partial charge in [0.1, 0.15) is 12.2 Å². The molecular formula is C27H29N3O3. The van der Waals surface area contributed by atoms with Gasteiger partial charge < -0.3 is 14.2 Å². The molecule has 0 aliphatic rings. The number of hydrogen-bond acceptors (Lipinski definition) is 4.